The summed E-state index contributed by atoms with van der Waals surface area (Å²) in [4.78, 5) is 11.5. The molecule has 0 aliphatic carbocycles. The Kier molecular flexibility index (Phi) is 5.20. The predicted octanol–water partition coefficient (Wildman–Crippen LogP) is 3.55. The smallest absolute Gasteiger partial charge is 0.135 e. The summed E-state index contributed by atoms with van der Waals surface area (Å²) < 4.78 is 5.17. The first-order chi connectivity index (χ1) is 8.04. The molecule has 0 fully saturated rings. The molecule has 17 heavy (non-hydrogen) atoms. The molecule has 1 aromatic carbocycles. The number of rotatable bonds is 6. The number of ether oxygens (including phenoxy) is 1. The van der Waals surface area contributed by atoms with Crippen molar-refractivity contribution in [1.82, 2.24) is 0 Å². The van der Waals surface area contributed by atoms with Crippen molar-refractivity contribution in [2.75, 3.05) is 7.11 Å². The van der Waals surface area contributed by atoms with Crippen LogP contribution in [0.1, 0.15) is 37.8 Å². The Hall–Kier alpha value is -1.31. The Labute approximate surface area is 104 Å². The van der Waals surface area contributed by atoms with Gasteiger partial charge in [-0.05, 0) is 43.0 Å². The average Bonchev–Trinajstić information content (AvgIpc) is 2.30. The molecule has 0 unspecified atom stereocenters. The van der Waals surface area contributed by atoms with Crippen LogP contribution in [0.2, 0.25) is 0 Å². The summed E-state index contributed by atoms with van der Waals surface area (Å²) in [6.45, 7) is 6.00. The second-order valence-electron chi connectivity index (χ2n) is 4.77. The van der Waals surface area contributed by atoms with E-state index in [-0.39, 0.29) is 5.92 Å². The highest BCUT2D eigenvalue weighted by molar-refractivity contribution is 5.80. The molecule has 0 aliphatic rings. The number of carbonyl (C=O) groups excluding carboxylic acids is 1. The highest BCUT2D eigenvalue weighted by atomic mass is 16.5. The molecule has 1 rings (SSSR count). The van der Waals surface area contributed by atoms with E-state index in [1.807, 2.05) is 26.0 Å². The van der Waals surface area contributed by atoms with Gasteiger partial charge in [-0.2, -0.15) is 0 Å². The molecule has 0 saturated heterocycles. The second-order valence-corrected chi connectivity index (χ2v) is 4.77. The van der Waals surface area contributed by atoms with Gasteiger partial charge in [0.05, 0.1) is 7.11 Å². The lowest BCUT2D eigenvalue weighted by Gasteiger charge is -2.08. The number of methoxy groups -OCH3 is 1. The van der Waals surface area contributed by atoms with Crippen LogP contribution in [0.25, 0.3) is 0 Å². The maximum Gasteiger partial charge on any atom is 0.135 e. The number of hydrogen-bond acceptors (Lipinski definition) is 2. The molecule has 94 valence electrons. The van der Waals surface area contributed by atoms with Gasteiger partial charge >= 0.3 is 0 Å². The van der Waals surface area contributed by atoms with Crippen LogP contribution in [0.4, 0.5) is 0 Å². The lowest BCUT2D eigenvalue weighted by molar-refractivity contribution is -0.121. The van der Waals surface area contributed by atoms with Crippen LogP contribution in [0, 0.1) is 12.8 Å². The highest BCUT2D eigenvalue weighted by Crippen LogP contribution is 2.18. The molecule has 0 heterocycles. The third-order valence-electron chi connectivity index (χ3n) is 3.06. The summed E-state index contributed by atoms with van der Waals surface area (Å²) >= 11 is 0. The highest BCUT2D eigenvalue weighted by Gasteiger charge is 2.07. The van der Waals surface area contributed by atoms with Gasteiger partial charge in [-0.15, -0.1) is 0 Å². The van der Waals surface area contributed by atoms with Crippen molar-refractivity contribution in [1.29, 1.82) is 0 Å². The van der Waals surface area contributed by atoms with E-state index < -0.39 is 0 Å². The quantitative estimate of drug-likeness (QED) is 0.752. The fourth-order valence-corrected chi connectivity index (χ4v) is 1.82. The summed E-state index contributed by atoms with van der Waals surface area (Å²) in [6, 6.07) is 6.11. The Morgan fingerprint density at radius 3 is 2.59 bits per heavy atom. The van der Waals surface area contributed by atoms with E-state index in [9.17, 15) is 4.79 Å². The van der Waals surface area contributed by atoms with Crippen LogP contribution in [-0.2, 0) is 11.2 Å². The van der Waals surface area contributed by atoms with Gasteiger partial charge in [0.2, 0.25) is 0 Å². The van der Waals surface area contributed by atoms with Gasteiger partial charge in [0.15, 0.2) is 0 Å². The maximum absolute atomic E-state index is 11.5. The molecular weight excluding hydrogens is 212 g/mol. The lowest BCUT2D eigenvalue weighted by Crippen LogP contribution is -2.07. The van der Waals surface area contributed by atoms with E-state index >= 15 is 0 Å². The molecule has 0 spiro atoms. The van der Waals surface area contributed by atoms with E-state index in [2.05, 4.69) is 13.0 Å². The lowest BCUT2D eigenvalue weighted by atomic mass is 9.99. The van der Waals surface area contributed by atoms with E-state index in [0.29, 0.717) is 12.2 Å². The molecule has 2 nitrogen and oxygen atoms in total. The first kappa shape index (κ1) is 13.8. The Bertz CT molecular complexity index is 381. The van der Waals surface area contributed by atoms with Gasteiger partial charge in [0, 0.05) is 12.3 Å². The SMILES string of the molecule is COc1ccc(CCCC(=O)C(C)C)c(C)c1. The zero-order valence-corrected chi connectivity index (χ0v) is 11.2. The molecule has 0 N–H and O–H groups in total. The summed E-state index contributed by atoms with van der Waals surface area (Å²) in [5, 5.41) is 0. The molecule has 0 aromatic heterocycles. The average molecular weight is 234 g/mol. The predicted molar refractivity (Wildman–Crippen MR) is 70.5 cm³/mol. The van der Waals surface area contributed by atoms with Crippen LogP contribution >= 0.6 is 0 Å². The first-order valence-corrected chi connectivity index (χ1v) is 6.21. The van der Waals surface area contributed by atoms with Crippen LogP contribution < -0.4 is 4.74 Å². The van der Waals surface area contributed by atoms with Gasteiger partial charge in [-0.25, -0.2) is 0 Å². The Balaban J connectivity index is 2.50. The summed E-state index contributed by atoms with van der Waals surface area (Å²) in [6.07, 6.45) is 2.58. The van der Waals surface area contributed by atoms with Gasteiger partial charge in [-0.3, -0.25) is 4.79 Å². The minimum atomic E-state index is 0.159. The van der Waals surface area contributed by atoms with E-state index in [1.165, 1.54) is 11.1 Å². The molecule has 0 bridgehead atoms. The zero-order valence-electron chi connectivity index (χ0n) is 11.2. The van der Waals surface area contributed by atoms with E-state index in [1.54, 1.807) is 7.11 Å². The standard InChI is InChI=1S/C15H22O2/c1-11(2)15(16)7-5-6-13-8-9-14(17-4)10-12(13)3/h8-11H,5-7H2,1-4H3. The molecule has 0 aliphatic heterocycles. The fourth-order valence-electron chi connectivity index (χ4n) is 1.82. The van der Waals surface area contributed by atoms with Crippen molar-refractivity contribution in [2.45, 2.75) is 40.0 Å². The third kappa shape index (κ3) is 4.22. The minimum absolute atomic E-state index is 0.159. The van der Waals surface area contributed by atoms with Crippen LogP contribution in [0.15, 0.2) is 18.2 Å². The summed E-state index contributed by atoms with van der Waals surface area (Å²) in [5.41, 5.74) is 2.55. The van der Waals surface area contributed by atoms with Crippen LogP contribution in [0.5, 0.6) is 5.75 Å². The molecule has 0 radical (unpaired) electrons. The van der Waals surface area contributed by atoms with Crippen molar-refractivity contribution in [2.24, 2.45) is 5.92 Å². The Morgan fingerprint density at radius 2 is 2.06 bits per heavy atom. The third-order valence-corrected chi connectivity index (χ3v) is 3.06. The van der Waals surface area contributed by atoms with Crippen LogP contribution in [0.3, 0.4) is 0 Å². The maximum atomic E-state index is 11.5. The van der Waals surface area contributed by atoms with Crippen molar-refractivity contribution in [3.63, 3.8) is 0 Å². The normalized spacial score (nSPS) is 10.6. The molecule has 0 amide bonds. The fraction of sp³-hybridized carbons (Fsp3) is 0.533. The van der Waals surface area contributed by atoms with Gasteiger partial charge in [0.1, 0.15) is 11.5 Å². The van der Waals surface area contributed by atoms with Crippen molar-refractivity contribution < 1.29 is 9.53 Å². The van der Waals surface area contributed by atoms with E-state index in [0.717, 1.165) is 18.6 Å². The number of carbonyl (C=O) groups is 1. The molecule has 1 aromatic rings. The monoisotopic (exact) mass is 234 g/mol. The summed E-state index contributed by atoms with van der Waals surface area (Å²) in [7, 11) is 1.68. The number of ketones is 1. The number of Topliss-reactive ketones (excluding diaryl/α,β-unsaturated/α-hetero) is 1. The van der Waals surface area contributed by atoms with E-state index in [4.69, 9.17) is 4.74 Å². The van der Waals surface area contributed by atoms with Crippen molar-refractivity contribution >= 4 is 5.78 Å². The minimum Gasteiger partial charge on any atom is -0.497 e. The first-order valence-electron chi connectivity index (χ1n) is 6.21. The number of benzene rings is 1. The van der Waals surface area contributed by atoms with Crippen molar-refractivity contribution in [3.05, 3.63) is 29.3 Å². The van der Waals surface area contributed by atoms with Gasteiger partial charge in [-0.1, -0.05) is 19.9 Å². The second kappa shape index (κ2) is 6.43. The molecular formula is C15H22O2. The zero-order chi connectivity index (χ0) is 12.8. The van der Waals surface area contributed by atoms with Crippen molar-refractivity contribution in [3.8, 4) is 5.75 Å². The summed E-state index contributed by atoms with van der Waals surface area (Å²) in [5.74, 6) is 1.41. The van der Waals surface area contributed by atoms with Gasteiger partial charge in [0.25, 0.3) is 0 Å². The van der Waals surface area contributed by atoms with Gasteiger partial charge < -0.3 is 4.74 Å². The molecule has 0 saturated carbocycles. The number of aryl methyl sites for hydroxylation is 2. The largest absolute Gasteiger partial charge is 0.497 e. The van der Waals surface area contributed by atoms with Crippen LogP contribution in [-0.4, -0.2) is 12.9 Å². The molecule has 0 atom stereocenters. The Morgan fingerprint density at radius 1 is 1.35 bits per heavy atom. The number of hydrogen-bond donors (Lipinski definition) is 0. The topological polar surface area (TPSA) is 26.3 Å². The molecule has 2 heteroatoms.